The van der Waals surface area contributed by atoms with E-state index in [0.717, 1.165) is 11.6 Å². The normalized spacial score (nSPS) is 11.1. The number of benzene rings is 2. The van der Waals surface area contributed by atoms with E-state index in [-0.39, 0.29) is 17.0 Å². The highest BCUT2D eigenvalue weighted by molar-refractivity contribution is 7.89. The number of ether oxygens (including phenoxy) is 2. The second-order valence-electron chi connectivity index (χ2n) is 6.60. The second kappa shape index (κ2) is 9.06. The Morgan fingerprint density at radius 3 is 2.41 bits per heavy atom. The number of nitrogens with zero attached hydrogens (tertiary/aromatic N) is 1. The van der Waals surface area contributed by atoms with Crippen LogP contribution in [-0.2, 0) is 26.1 Å². The number of esters is 1. The van der Waals surface area contributed by atoms with E-state index in [2.05, 4.69) is 0 Å². The Bertz CT molecular complexity index is 1030. The molecule has 0 radical (unpaired) electrons. The molecule has 0 spiro atoms. The highest BCUT2D eigenvalue weighted by atomic mass is 32.2. The lowest BCUT2D eigenvalue weighted by atomic mass is 10.1. The maximum absolute atomic E-state index is 12.3. The molecule has 156 valence electrons. The molecule has 0 aliphatic carbocycles. The molecule has 0 unspecified atom stereocenters. The van der Waals surface area contributed by atoms with Crippen LogP contribution in [-0.4, -0.2) is 46.0 Å². The molecule has 0 atom stereocenters. The average molecular weight is 420 g/mol. The zero-order valence-electron chi connectivity index (χ0n) is 16.8. The minimum Gasteiger partial charge on any atom is -0.496 e. The molecule has 2 N–H and O–H groups in total. The largest absolute Gasteiger partial charge is 0.496 e. The van der Waals surface area contributed by atoms with Gasteiger partial charge in [-0.1, -0.05) is 18.2 Å². The van der Waals surface area contributed by atoms with E-state index in [1.54, 1.807) is 34.1 Å². The zero-order valence-corrected chi connectivity index (χ0v) is 17.6. The van der Waals surface area contributed by atoms with Gasteiger partial charge in [0, 0.05) is 19.2 Å². The zero-order chi connectivity index (χ0) is 21.8. The number of methoxy groups -OCH3 is 1. The van der Waals surface area contributed by atoms with Crippen molar-refractivity contribution in [1.82, 2.24) is 4.90 Å². The molecule has 0 aliphatic heterocycles. The van der Waals surface area contributed by atoms with Gasteiger partial charge in [0.25, 0.3) is 5.91 Å². The molecule has 1 amide bonds. The van der Waals surface area contributed by atoms with Gasteiger partial charge in [0.05, 0.1) is 17.6 Å². The molecule has 0 heterocycles. The summed E-state index contributed by atoms with van der Waals surface area (Å²) in [5.41, 5.74) is 1.85. The lowest BCUT2D eigenvalue weighted by Crippen LogP contribution is -2.31. The average Bonchev–Trinajstić information content (AvgIpc) is 2.67. The summed E-state index contributed by atoms with van der Waals surface area (Å²) in [6.07, 6.45) is 0. The van der Waals surface area contributed by atoms with Crippen LogP contribution in [0.25, 0.3) is 0 Å². The fourth-order valence-corrected chi connectivity index (χ4v) is 3.62. The Hall–Kier alpha value is -2.91. The van der Waals surface area contributed by atoms with Gasteiger partial charge in [-0.05, 0) is 43.2 Å². The maximum Gasteiger partial charge on any atom is 0.338 e. The summed E-state index contributed by atoms with van der Waals surface area (Å²) in [5, 5.41) is 5.20. The number of hydrogen-bond donors (Lipinski definition) is 1. The summed E-state index contributed by atoms with van der Waals surface area (Å²) < 4.78 is 33.8. The van der Waals surface area contributed by atoms with Crippen LogP contribution in [0.15, 0.2) is 41.3 Å². The SMILES string of the molecule is COc1ccccc1CN(C)C(=O)COC(=O)c1cc(C)c(C)c(S(N)(=O)=O)c1. The first-order chi connectivity index (χ1) is 13.5. The first-order valence-corrected chi connectivity index (χ1v) is 10.3. The lowest BCUT2D eigenvalue weighted by molar-refractivity contribution is -0.133. The van der Waals surface area contributed by atoms with E-state index < -0.39 is 28.5 Å². The number of nitrogens with two attached hydrogens (primary N) is 1. The number of primary sulfonamides is 1. The third-order valence-corrected chi connectivity index (χ3v) is 5.55. The van der Waals surface area contributed by atoms with Crippen molar-refractivity contribution in [2.45, 2.75) is 25.3 Å². The monoisotopic (exact) mass is 420 g/mol. The minimum absolute atomic E-state index is 0.0114. The molecule has 0 saturated carbocycles. The minimum atomic E-state index is -3.99. The maximum atomic E-state index is 12.3. The van der Waals surface area contributed by atoms with Crippen molar-refractivity contribution in [1.29, 1.82) is 0 Å². The molecule has 2 aromatic rings. The van der Waals surface area contributed by atoms with Crippen LogP contribution in [0.3, 0.4) is 0 Å². The van der Waals surface area contributed by atoms with Crippen LogP contribution >= 0.6 is 0 Å². The number of likely N-dealkylation sites (N-methyl/N-ethyl adjacent to an activating group) is 1. The van der Waals surface area contributed by atoms with Crippen LogP contribution < -0.4 is 9.88 Å². The number of sulfonamides is 1. The smallest absolute Gasteiger partial charge is 0.338 e. The highest BCUT2D eigenvalue weighted by Gasteiger charge is 2.20. The molecular formula is C20H24N2O6S. The first-order valence-electron chi connectivity index (χ1n) is 8.71. The van der Waals surface area contributed by atoms with Crippen LogP contribution in [0.2, 0.25) is 0 Å². The number of aryl methyl sites for hydroxylation is 1. The van der Waals surface area contributed by atoms with Crippen LogP contribution in [0.1, 0.15) is 27.0 Å². The van der Waals surface area contributed by atoms with Gasteiger partial charge in [-0.2, -0.15) is 0 Å². The number of carbonyl (C=O) groups excluding carboxylic acids is 2. The Balaban J connectivity index is 2.07. The molecule has 2 aromatic carbocycles. The summed E-state index contributed by atoms with van der Waals surface area (Å²) in [6, 6.07) is 9.93. The number of para-hydroxylation sites is 1. The molecule has 8 nitrogen and oxygen atoms in total. The Kier molecular flexibility index (Phi) is 6.99. The van der Waals surface area contributed by atoms with Crippen molar-refractivity contribution >= 4 is 21.9 Å². The number of hydrogen-bond acceptors (Lipinski definition) is 6. The highest BCUT2D eigenvalue weighted by Crippen LogP contribution is 2.21. The fraction of sp³-hybridized carbons (Fsp3) is 0.300. The third-order valence-electron chi connectivity index (χ3n) is 4.51. The van der Waals surface area contributed by atoms with E-state index in [1.807, 2.05) is 18.2 Å². The third kappa shape index (κ3) is 5.55. The first kappa shape index (κ1) is 22.4. The topological polar surface area (TPSA) is 116 Å². The van der Waals surface area contributed by atoms with Gasteiger partial charge >= 0.3 is 5.97 Å². The van der Waals surface area contributed by atoms with E-state index in [9.17, 15) is 18.0 Å². The van der Waals surface area contributed by atoms with E-state index in [4.69, 9.17) is 14.6 Å². The molecule has 0 aromatic heterocycles. The van der Waals surface area contributed by atoms with Gasteiger partial charge in [0.15, 0.2) is 6.61 Å². The van der Waals surface area contributed by atoms with Crippen LogP contribution in [0.5, 0.6) is 5.75 Å². The Morgan fingerprint density at radius 2 is 1.79 bits per heavy atom. The molecule has 0 bridgehead atoms. The second-order valence-corrected chi connectivity index (χ2v) is 8.13. The van der Waals surface area contributed by atoms with E-state index in [1.165, 1.54) is 11.0 Å². The fourth-order valence-electron chi connectivity index (χ4n) is 2.74. The predicted octanol–water partition coefficient (Wildman–Crippen LogP) is 1.77. The number of amides is 1. The summed E-state index contributed by atoms with van der Waals surface area (Å²) in [5.74, 6) is -0.577. The summed E-state index contributed by atoms with van der Waals surface area (Å²) >= 11 is 0. The van der Waals surface area contributed by atoms with Crippen molar-refractivity contribution in [3.8, 4) is 5.75 Å². The van der Waals surface area contributed by atoms with E-state index >= 15 is 0 Å². The van der Waals surface area contributed by atoms with Gasteiger partial charge in [-0.3, -0.25) is 4.79 Å². The van der Waals surface area contributed by atoms with Crippen molar-refractivity contribution in [3.63, 3.8) is 0 Å². The summed E-state index contributed by atoms with van der Waals surface area (Å²) in [6.45, 7) is 3.05. The quantitative estimate of drug-likeness (QED) is 0.683. The molecule has 0 aliphatic rings. The van der Waals surface area contributed by atoms with Gasteiger partial charge in [0.1, 0.15) is 5.75 Å². The predicted molar refractivity (Wildman–Crippen MR) is 107 cm³/mol. The molecule has 29 heavy (non-hydrogen) atoms. The Morgan fingerprint density at radius 1 is 1.14 bits per heavy atom. The van der Waals surface area contributed by atoms with Crippen molar-refractivity contribution in [2.24, 2.45) is 5.14 Å². The number of rotatable bonds is 7. The van der Waals surface area contributed by atoms with Crippen LogP contribution in [0.4, 0.5) is 0 Å². The van der Waals surface area contributed by atoms with Gasteiger partial charge in [-0.15, -0.1) is 0 Å². The molecule has 2 rings (SSSR count). The van der Waals surface area contributed by atoms with Crippen molar-refractivity contribution in [3.05, 3.63) is 58.7 Å². The van der Waals surface area contributed by atoms with Gasteiger partial charge < -0.3 is 14.4 Å². The Labute approximate surface area is 170 Å². The molecular weight excluding hydrogens is 396 g/mol. The van der Waals surface area contributed by atoms with Gasteiger partial charge in [0.2, 0.25) is 10.0 Å². The molecule has 0 fully saturated rings. The van der Waals surface area contributed by atoms with Crippen LogP contribution in [0, 0.1) is 13.8 Å². The molecule has 9 heteroatoms. The number of carbonyl (C=O) groups is 2. The summed E-state index contributed by atoms with van der Waals surface area (Å²) in [4.78, 5) is 25.9. The standard InChI is InChI=1S/C20H24N2O6S/c1-13-9-16(10-18(14(13)2)29(21,25)26)20(24)28-12-19(23)22(3)11-15-7-5-6-8-17(15)27-4/h5-10H,11-12H2,1-4H3,(H2,21,25,26). The van der Waals surface area contributed by atoms with Crippen molar-refractivity contribution < 1.29 is 27.5 Å². The summed E-state index contributed by atoms with van der Waals surface area (Å²) in [7, 11) is -0.868. The van der Waals surface area contributed by atoms with Gasteiger partial charge in [-0.25, -0.2) is 18.4 Å². The lowest BCUT2D eigenvalue weighted by Gasteiger charge is -2.19. The molecule has 0 saturated heterocycles. The van der Waals surface area contributed by atoms with E-state index in [0.29, 0.717) is 16.9 Å². The van der Waals surface area contributed by atoms with Crippen molar-refractivity contribution in [2.75, 3.05) is 20.8 Å².